The van der Waals surface area contributed by atoms with Gasteiger partial charge in [0.1, 0.15) is 11.2 Å². The number of fused-ring (bicyclic) bond motifs is 7. The molecule has 47 heavy (non-hydrogen) atoms. The summed E-state index contributed by atoms with van der Waals surface area (Å²) in [5, 5.41) is -0.422. The molecule has 0 amide bonds. The molecule has 0 bridgehead atoms. The zero-order valence-corrected chi connectivity index (χ0v) is 24.0. The van der Waals surface area contributed by atoms with Gasteiger partial charge < -0.3 is 4.42 Å². The smallest absolute Gasteiger partial charge is 0.136 e. The second-order valence-electron chi connectivity index (χ2n) is 10.9. The molecule has 9 aromatic carbocycles. The normalized spacial score (nSPS) is 17.8. The van der Waals surface area contributed by atoms with Crippen LogP contribution >= 0.6 is 0 Å². The molecule has 218 valence electrons. The third kappa shape index (κ3) is 4.03. The molecule has 1 heteroatoms. The number of hydrogen-bond acceptors (Lipinski definition) is 1. The van der Waals surface area contributed by atoms with Crippen molar-refractivity contribution in [2.24, 2.45) is 0 Å². The summed E-state index contributed by atoms with van der Waals surface area (Å²) in [6.45, 7) is 0. The molecule has 0 aliphatic carbocycles. The molecule has 1 nitrogen and oxygen atoms in total. The average molecular weight is 617 g/mol. The van der Waals surface area contributed by atoms with Crippen LogP contribution in [0.5, 0.6) is 0 Å². The molecule has 0 radical (unpaired) electrons. The van der Waals surface area contributed by atoms with Crippen LogP contribution in [0, 0.1) is 0 Å². The Hall–Kier alpha value is -6.18. The van der Waals surface area contributed by atoms with Crippen molar-refractivity contribution in [1.29, 1.82) is 0 Å². The van der Waals surface area contributed by atoms with Gasteiger partial charge >= 0.3 is 0 Å². The monoisotopic (exact) mass is 616 g/mol. The highest BCUT2D eigenvalue weighted by atomic mass is 16.3. The molecule has 0 atom stereocenters. The maximum Gasteiger partial charge on any atom is 0.136 e. The Kier molecular flexibility index (Phi) is 2.87. The van der Waals surface area contributed by atoms with E-state index < -0.39 is 132 Å². The molecule has 1 aromatic heterocycles. The van der Waals surface area contributed by atoms with Gasteiger partial charge in [0.15, 0.2) is 0 Å². The minimum Gasteiger partial charge on any atom is -0.456 e. The summed E-state index contributed by atoms with van der Waals surface area (Å²) in [7, 11) is 0. The lowest BCUT2D eigenvalue weighted by Crippen LogP contribution is -1.92. The first-order valence-corrected chi connectivity index (χ1v) is 14.6. The lowest BCUT2D eigenvalue weighted by molar-refractivity contribution is 0.669. The van der Waals surface area contributed by atoms with Crippen molar-refractivity contribution in [2.75, 3.05) is 0 Å². The van der Waals surface area contributed by atoms with E-state index in [4.69, 9.17) is 23.6 Å². The maximum atomic E-state index is 9.89. The molecule has 0 fully saturated rings. The van der Waals surface area contributed by atoms with Crippen LogP contribution in [0.15, 0.2) is 174 Å². The summed E-state index contributed by atoms with van der Waals surface area (Å²) in [5.74, 6) is 0. The predicted octanol–water partition coefficient (Wildman–Crippen LogP) is 13.2. The van der Waals surface area contributed by atoms with E-state index in [0.29, 0.717) is 10.8 Å². The molecule has 0 spiro atoms. The van der Waals surface area contributed by atoms with Gasteiger partial charge in [0.05, 0.1) is 27.4 Å². The number of furan rings is 1. The van der Waals surface area contributed by atoms with Crippen molar-refractivity contribution in [3.63, 3.8) is 0 Å². The van der Waals surface area contributed by atoms with Crippen LogP contribution in [0.25, 0.3) is 98.4 Å². The number of benzene rings is 9. The topological polar surface area (TPSA) is 13.1 Å². The van der Waals surface area contributed by atoms with Gasteiger partial charge in [0.2, 0.25) is 0 Å². The fourth-order valence-corrected chi connectivity index (χ4v) is 6.27. The van der Waals surface area contributed by atoms with E-state index in [1.165, 1.54) is 0 Å². The van der Waals surface area contributed by atoms with Crippen molar-refractivity contribution >= 4 is 65.0 Å². The van der Waals surface area contributed by atoms with Crippen LogP contribution in [0.1, 0.15) is 27.4 Å². The average Bonchev–Trinajstić information content (AvgIpc) is 3.73. The summed E-state index contributed by atoms with van der Waals surface area (Å²) in [6, 6.07) is 0.594. The minimum atomic E-state index is -0.753. The molecule has 0 saturated carbocycles. The van der Waals surface area contributed by atoms with E-state index in [1.807, 2.05) is 0 Å². The number of hydrogen-bond donors (Lipinski definition) is 0. The SMILES string of the molecule is [2H]c1c([2H])c([2H])c(-c2c([2H])c(-c3c4ccccc4c(-c4c([2H])c([2H])c5c(oc6c([2H])c7c([2H])c([2H])c([2H])c([2H])c7c([2H])c65)c4[2H])c4ccccc34)c3c([2H])c([2H])c([2H])c([2H])c3c2[2H])c([2H])c1[2H]. The van der Waals surface area contributed by atoms with Crippen molar-refractivity contribution in [3.05, 3.63) is 169 Å². The van der Waals surface area contributed by atoms with Crippen LogP contribution in [-0.4, -0.2) is 0 Å². The highest BCUT2D eigenvalue weighted by molar-refractivity contribution is 6.24. The lowest BCUT2D eigenvalue weighted by atomic mass is 9.83. The fraction of sp³-hybridized carbons (Fsp3) is 0. The lowest BCUT2D eigenvalue weighted by Gasteiger charge is -2.19. The second-order valence-corrected chi connectivity index (χ2v) is 10.9. The molecule has 10 rings (SSSR count). The van der Waals surface area contributed by atoms with E-state index in [1.54, 1.807) is 48.5 Å². The van der Waals surface area contributed by atoms with Crippen molar-refractivity contribution < 1.29 is 31.8 Å². The zero-order chi connectivity index (χ0) is 48.3. The third-order valence-electron chi connectivity index (χ3n) is 8.25. The Labute approximate surface area is 300 Å². The van der Waals surface area contributed by atoms with Crippen molar-refractivity contribution in [3.8, 4) is 33.4 Å². The second kappa shape index (κ2) is 10.2. The zero-order valence-electron chi connectivity index (χ0n) is 44.0. The molecular weight excluding hydrogens is 569 g/mol. The van der Waals surface area contributed by atoms with Gasteiger partial charge in [-0.15, -0.1) is 0 Å². The number of rotatable bonds is 3. The fourth-order valence-electron chi connectivity index (χ4n) is 6.27. The maximum absolute atomic E-state index is 9.89. The van der Waals surface area contributed by atoms with E-state index in [-0.39, 0.29) is 76.5 Å². The summed E-state index contributed by atoms with van der Waals surface area (Å²) < 4.78 is 184. The van der Waals surface area contributed by atoms with E-state index >= 15 is 0 Å². The van der Waals surface area contributed by atoms with E-state index in [9.17, 15) is 8.22 Å². The van der Waals surface area contributed by atoms with Gasteiger partial charge in [-0.05, 0) is 113 Å². The van der Waals surface area contributed by atoms with Crippen LogP contribution in [0.4, 0.5) is 0 Å². The summed E-state index contributed by atoms with van der Waals surface area (Å²) in [4.78, 5) is 0. The third-order valence-corrected chi connectivity index (χ3v) is 8.25. The molecule has 0 unspecified atom stereocenters. The Morgan fingerprint density at radius 1 is 0.362 bits per heavy atom. The Bertz CT molecular complexity index is 3900. The molecular formula is C46H28O. The van der Waals surface area contributed by atoms with Gasteiger partial charge in [0.25, 0.3) is 0 Å². The summed E-state index contributed by atoms with van der Waals surface area (Å²) in [6.07, 6.45) is 0. The largest absolute Gasteiger partial charge is 0.456 e. The van der Waals surface area contributed by atoms with Crippen LogP contribution in [0.2, 0.25) is 0 Å². The minimum absolute atomic E-state index is 0.137. The van der Waals surface area contributed by atoms with Gasteiger partial charge in [0, 0.05) is 10.8 Å². The molecule has 0 N–H and O–H groups in total. The van der Waals surface area contributed by atoms with Crippen molar-refractivity contribution in [2.45, 2.75) is 0 Å². The first kappa shape index (κ1) is 13.3. The Balaban J connectivity index is 1.40. The van der Waals surface area contributed by atoms with Gasteiger partial charge in [-0.3, -0.25) is 0 Å². The van der Waals surface area contributed by atoms with E-state index in [0.717, 1.165) is 0 Å². The van der Waals surface area contributed by atoms with Crippen LogP contribution in [0.3, 0.4) is 0 Å². The summed E-state index contributed by atoms with van der Waals surface area (Å²) >= 11 is 0. The Morgan fingerprint density at radius 3 is 1.68 bits per heavy atom. The highest BCUT2D eigenvalue weighted by Gasteiger charge is 2.20. The van der Waals surface area contributed by atoms with Gasteiger partial charge in [-0.25, -0.2) is 0 Å². The first-order chi connectivity index (χ1) is 31.7. The summed E-state index contributed by atoms with van der Waals surface area (Å²) in [5.41, 5.74) is -1.57. The van der Waals surface area contributed by atoms with Gasteiger partial charge in [-0.2, -0.15) is 0 Å². The van der Waals surface area contributed by atoms with Crippen LogP contribution in [-0.2, 0) is 0 Å². The van der Waals surface area contributed by atoms with Crippen molar-refractivity contribution in [1.82, 2.24) is 0 Å². The van der Waals surface area contributed by atoms with Gasteiger partial charge in [-0.1, -0.05) is 133 Å². The van der Waals surface area contributed by atoms with E-state index in [2.05, 4.69) is 0 Å². The molecule has 10 aromatic rings. The first-order valence-electron chi connectivity index (χ1n) is 24.6. The van der Waals surface area contributed by atoms with Crippen LogP contribution < -0.4 is 0 Å². The quantitative estimate of drug-likeness (QED) is 0.180. The Morgan fingerprint density at radius 2 is 0.957 bits per heavy atom. The predicted molar refractivity (Wildman–Crippen MR) is 200 cm³/mol. The molecule has 0 saturated heterocycles. The highest BCUT2D eigenvalue weighted by Crippen LogP contribution is 2.47. The molecule has 1 heterocycles. The standard InChI is InChI=1S/C46H28O/c1-2-12-29(13-3-1)34-24-32-16-6-7-17-35(32)42(26-34)46-39-20-10-8-18-37(39)45(38-19-9-11-21-40(38)46)33-22-23-36-41-25-30-14-4-5-15-31(30)27-44(41)47-43(36)28-33/h1-28H/i1D,2D,3D,4D,5D,6D,7D,12D,13D,14D,15D,16D,17D,22D,23D,24D,25D,26D,27D,28D. The molecule has 0 aliphatic rings. The molecule has 0 aliphatic heterocycles.